The Morgan fingerprint density at radius 3 is 2.54 bits per heavy atom. The molecule has 1 saturated heterocycles. The van der Waals surface area contributed by atoms with Crippen molar-refractivity contribution in [1.29, 1.82) is 0 Å². The van der Waals surface area contributed by atoms with Crippen LogP contribution in [-0.2, 0) is 14.8 Å². The van der Waals surface area contributed by atoms with Crippen molar-refractivity contribution in [3.8, 4) is 23.0 Å². The average molecular weight is 505 g/mol. The Morgan fingerprint density at radius 1 is 1.11 bits per heavy atom. The summed E-state index contributed by atoms with van der Waals surface area (Å²) in [5.74, 6) is 0.0995. The van der Waals surface area contributed by atoms with Gasteiger partial charge in [0.05, 0.1) is 18.1 Å². The fourth-order valence-electron chi connectivity index (χ4n) is 3.80. The number of rotatable bonds is 9. The Hall–Kier alpha value is -3.51. The summed E-state index contributed by atoms with van der Waals surface area (Å²) in [6.07, 6.45) is 0.823. The molecule has 1 fully saturated rings. The summed E-state index contributed by atoms with van der Waals surface area (Å²) in [7, 11) is -3.99. The van der Waals surface area contributed by atoms with Crippen molar-refractivity contribution in [3.05, 3.63) is 48.3 Å². The van der Waals surface area contributed by atoms with Crippen LogP contribution in [0.15, 0.2) is 51.8 Å². The molecule has 1 aromatic heterocycles. The summed E-state index contributed by atoms with van der Waals surface area (Å²) in [6, 6.07) is 8.50. The van der Waals surface area contributed by atoms with Crippen molar-refractivity contribution in [1.82, 2.24) is 14.5 Å². The number of benzene rings is 2. The van der Waals surface area contributed by atoms with E-state index in [2.05, 4.69) is 15.5 Å². The zero-order valence-corrected chi connectivity index (χ0v) is 20.0. The van der Waals surface area contributed by atoms with Crippen molar-refractivity contribution in [2.24, 2.45) is 0 Å². The highest BCUT2D eigenvalue weighted by Gasteiger charge is 2.40. The number of carbonyl (C=O) groups excluding carboxylic acids is 1. The van der Waals surface area contributed by atoms with Crippen LogP contribution in [0.25, 0.3) is 11.5 Å². The van der Waals surface area contributed by atoms with Crippen molar-refractivity contribution in [2.45, 2.75) is 37.6 Å². The first-order chi connectivity index (χ1) is 16.8. The van der Waals surface area contributed by atoms with Crippen LogP contribution in [0.1, 0.15) is 26.7 Å². The zero-order chi connectivity index (χ0) is 25.0. The molecule has 1 aliphatic heterocycles. The Kier molecular flexibility index (Phi) is 7.31. The lowest BCUT2D eigenvalue weighted by Gasteiger charge is -2.22. The lowest BCUT2D eigenvalue weighted by atomic mass is 10.2. The van der Waals surface area contributed by atoms with E-state index < -0.39 is 27.8 Å². The maximum Gasteiger partial charge on any atom is 0.322 e. The van der Waals surface area contributed by atoms with Gasteiger partial charge in [-0.15, -0.1) is 5.10 Å². The van der Waals surface area contributed by atoms with Crippen molar-refractivity contribution in [3.63, 3.8) is 0 Å². The van der Waals surface area contributed by atoms with Gasteiger partial charge in [0.2, 0.25) is 21.8 Å². The number of ether oxygens (including phenoxy) is 2. The van der Waals surface area contributed by atoms with Gasteiger partial charge in [-0.2, -0.15) is 4.31 Å². The van der Waals surface area contributed by atoms with Crippen LogP contribution in [0.5, 0.6) is 11.5 Å². The van der Waals surface area contributed by atoms with Gasteiger partial charge in [0.25, 0.3) is 0 Å². The van der Waals surface area contributed by atoms with Gasteiger partial charge < -0.3 is 13.9 Å². The van der Waals surface area contributed by atoms with Crippen molar-refractivity contribution < 1.29 is 31.5 Å². The van der Waals surface area contributed by atoms with Crippen LogP contribution in [0.4, 0.5) is 10.4 Å². The molecule has 2 aromatic carbocycles. The highest BCUT2D eigenvalue weighted by Crippen LogP contribution is 2.33. The van der Waals surface area contributed by atoms with Gasteiger partial charge in [-0.05, 0) is 69.2 Å². The molecule has 1 aliphatic rings. The number of aromatic nitrogens is 2. The van der Waals surface area contributed by atoms with Gasteiger partial charge >= 0.3 is 6.01 Å². The molecule has 12 heteroatoms. The first kappa shape index (κ1) is 24.6. The molecule has 10 nitrogen and oxygen atoms in total. The Morgan fingerprint density at radius 2 is 1.83 bits per heavy atom. The number of nitrogens with zero attached hydrogens (tertiary/aromatic N) is 3. The first-order valence-electron chi connectivity index (χ1n) is 11.1. The Balaban J connectivity index is 1.50. The van der Waals surface area contributed by atoms with Crippen LogP contribution in [0.2, 0.25) is 0 Å². The standard InChI is InChI=1S/C23H25FN4O6S/c1-3-32-19-12-7-15(14-20(19)33-4-2)22-26-27-23(34-22)25-21(29)18-6-5-13-28(18)35(30,31)17-10-8-16(24)9-11-17/h7-12,14,18H,3-6,13H2,1-2H3,(H,25,27,29). The van der Waals surface area contributed by atoms with Gasteiger partial charge in [-0.3, -0.25) is 10.1 Å². The second kappa shape index (κ2) is 10.4. The molecule has 0 spiro atoms. The number of hydrogen-bond acceptors (Lipinski definition) is 8. The number of hydrogen-bond donors (Lipinski definition) is 1. The SMILES string of the molecule is CCOc1ccc(-c2nnc(NC(=O)C3CCCN3S(=O)(=O)c3ccc(F)cc3)o2)cc1OCC. The highest BCUT2D eigenvalue weighted by atomic mass is 32.2. The lowest BCUT2D eigenvalue weighted by Crippen LogP contribution is -2.43. The summed E-state index contributed by atoms with van der Waals surface area (Å²) in [4.78, 5) is 12.8. The largest absolute Gasteiger partial charge is 0.490 e. The van der Waals surface area contributed by atoms with Crippen LogP contribution < -0.4 is 14.8 Å². The van der Waals surface area contributed by atoms with Gasteiger partial charge in [0.15, 0.2) is 11.5 Å². The van der Waals surface area contributed by atoms with E-state index in [-0.39, 0.29) is 23.3 Å². The van der Waals surface area contributed by atoms with Crippen molar-refractivity contribution in [2.75, 3.05) is 25.1 Å². The summed E-state index contributed by atoms with van der Waals surface area (Å²) < 4.78 is 57.1. The fourth-order valence-corrected chi connectivity index (χ4v) is 5.45. The second-order valence-electron chi connectivity index (χ2n) is 7.66. The van der Waals surface area contributed by atoms with Crippen LogP contribution in [0, 0.1) is 5.82 Å². The normalized spacial score (nSPS) is 16.3. The third kappa shape index (κ3) is 5.28. The number of halogens is 1. The maximum atomic E-state index is 13.2. The highest BCUT2D eigenvalue weighted by molar-refractivity contribution is 7.89. The Bertz CT molecular complexity index is 1300. The minimum Gasteiger partial charge on any atom is -0.490 e. The minimum absolute atomic E-state index is 0.0840. The van der Waals surface area contributed by atoms with Crippen LogP contribution >= 0.6 is 0 Å². The quantitative estimate of drug-likeness (QED) is 0.470. The maximum absolute atomic E-state index is 13.2. The van der Waals surface area contributed by atoms with E-state index in [4.69, 9.17) is 13.9 Å². The number of amides is 1. The van der Waals surface area contributed by atoms with Gasteiger partial charge in [0, 0.05) is 12.1 Å². The summed E-state index contributed by atoms with van der Waals surface area (Å²) in [5, 5.41) is 10.3. The monoisotopic (exact) mass is 504 g/mol. The first-order valence-corrected chi connectivity index (χ1v) is 12.6. The van der Waals surface area contributed by atoms with Gasteiger partial charge in [-0.25, -0.2) is 12.8 Å². The third-order valence-electron chi connectivity index (χ3n) is 5.37. The molecule has 0 saturated carbocycles. The smallest absolute Gasteiger partial charge is 0.322 e. The van der Waals surface area contributed by atoms with E-state index in [1.165, 1.54) is 12.1 Å². The molecule has 0 radical (unpaired) electrons. The summed E-state index contributed by atoms with van der Waals surface area (Å²) in [6.45, 7) is 4.80. The molecule has 2 heterocycles. The molecule has 186 valence electrons. The molecule has 1 amide bonds. The topological polar surface area (TPSA) is 124 Å². The number of nitrogens with one attached hydrogen (secondary N) is 1. The molecule has 35 heavy (non-hydrogen) atoms. The summed E-state index contributed by atoms with van der Waals surface area (Å²) >= 11 is 0. The number of carbonyl (C=O) groups is 1. The van der Waals surface area contributed by atoms with Gasteiger partial charge in [0.1, 0.15) is 11.9 Å². The molecule has 0 bridgehead atoms. The molecule has 4 rings (SSSR count). The molecule has 1 N–H and O–H groups in total. The van der Waals surface area contributed by atoms with E-state index in [0.29, 0.717) is 43.1 Å². The number of sulfonamides is 1. The minimum atomic E-state index is -3.99. The average Bonchev–Trinajstić information content (AvgIpc) is 3.51. The molecular formula is C23H25FN4O6S. The van der Waals surface area contributed by atoms with E-state index in [1.54, 1.807) is 18.2 Å². The van der Waals surface area contributed by atoms with E-state index in [0.717, 1.165) is 16.4 Å². The molecule has 1 atom stereocenters. The van der Waals surface area contributed by atoms with Gasteiger partial charge in [-0.1, -0.05) is 5.10 Å². The fraction of sp³-hybridized carbons (Fsp3) is 0.348. The predicted molar refractivity (Wildman–Crippen MR) is 124 cm³/mol. The molecule has 0 aliphatic carbocycles. The Labute approximate surface area is 202 Å². The molecular weight excluding hydrogens is 479 g/mol. The predicted octanol–water partition coefficient (Wildman–Crippen LogP) is 3.46. The molecule has 1 unspecified atom stereocenters. The number of anilines is 1. The summed E-state index contributed by atoms with van der Waals surface area (Å²) in [5.41, 5.74) is 0.561. The van der Waals surface area contributed by atoms with Crippen molar-refractivity contribution >= 4 is 21.9 Å². The van der Waals surface area contributed by atoms with E-state index >= 15 is 0 Å². The lowest BCUT2D eigenvalue weighted by molar-refractivity contribution is -0.119. The third-order valence-corrected chi connectivity index (χ3v) is 7.29. The second-order valence-corrected chi connectivity index (χ2v) is 9.55. The van der Waals surface area contributed by atoms with Crippen LogP contribution in [-0.4, -0.2) is 54.6 Å². The zero-order valence-electron chi connectivity index (χ0n) is 19.2. The molecule has 3 aromatic rings. The van der Waals surface area contributed by atoms with E-state index in [9.17, 15) is 17.6 Å². The van der Waals surface area contributed by atoms with Crippen LogP contribution in [0.3, 0.4) is 0 Å². The van der Waals surface area contributed by atoms with E-state index in [1.807, 2.05) is 13.8 Å².